The van der Waals surface area contributed by atoms with Gasteiger partial charge in [-0.25, -0.2) is 0 Å². The number of aliphatic imine (C=N–C) groups is 1. The summed E-state index contributed by atoms with van der Waals surface area (Å²) in [5.41, 5.74) is 5.59. The number of aryl methyl sites for hydroxylation is 2. The number of hydrazone groups is 1. The Morgan fingerprint density at radius 3 is 2.61 bits per heavy atom. The maximum Gasteiger partial charge on any atom is 0.283 e. The van der Waals surface area contributed by atoms with Crippen molar-refractivity contribution in [2.45, 2.75) is 66.2 Å². The van der Waals surface area contributed by atoms with E-state index in [4.69, 9.17) is 5.41 Å². The maximum absolute atomic E-state index is 12.8. The summed E-state index contributed by atoms with van der Waals surface area (Å²) in [5.74, 6) is -0.280. The molecule has 4 rings (SSSR count). The highest BCUT2D eigenvalue weighted by Gasteiger charge is 2.35. The Bertz CT molecular complexity index is 1190. The van der Waals surface area contributed by atoms with Crippen molar-refractivity contribution in [1.29, 1.82) is 5.41 Å². The summed E-state index contributed by atoms with van der Waals surface area (Å²) in [6.07, 6.45) is 8.62. The fourth-order valence-corrected chi connectivity index (χ4v) is 5.21. The summed E-state index contributed by atoms with van der Waals surface area (Å²) >= 11 is 1.42. The minimum absolute atomic E-state index is 0.0965. The standard InChI is InChI=1S/C26H31N5OS/c1-5-6-7-8-9-14-23-29-31-24(27)21(25(32)28-26(31)33-23)16-20-15-18(3)30(19(20)4)22-13-11-10-12-17(22)2/h10-13,15-16,27H,5-9,14H2,1-4H3. The quantitative estimate of drug-likeness (QED) is 0.366. The van der Waals surface area contributed by atoms with Crippen LogP contribution in [0.25, 0.3) is 11.8 Å². The lowest BCUT2D eigenvalue weighted by Crippen LogP contribution is -2.35. The number of aromatic nitrogens is 1. The van der Waals surface area contributed by atoms with Crippen molar-refractivity contribution in [3.8, 4) is 5.69 Å². The molecule has 33 heavy (non-hydrogen) atoms. The van der Waals surface area contributed by atoms with Crippen LogP contribution >= 0.6 is 11.8 Å². The second-order valence-electron chi connectivity index (χ2n) is 8.63. The number of para-hydroxylation sites is 1. The van der Waals surface area contributed by atoms with Crippen LogP contribution < -0.4 is 0 Å². The van der Waals surface area contributed by atoms with Gasteiger partial charge in [-0.1, -0.05) is 50.8 Å². The predicted octanol–water partition coefficient (Wildman–Crippen LogP) is 6.38. The number of benzene rings is 1. The van der Waals surface area contributed by atoms with Gasteiger partial charge in [0, 0.05) is 17.1 Å². The van der Waals surface area contributed by atoms with Crippen molar-refractivity contribution < 1.29 is 4.79 Å². The molecule has 1 N–H and O–H groups in total. The first-order chi connectivity index (χ1) is 15.9. The molecule has 1 aromatic heterocycles. The maximum atomic E-state index is 12.8. The lowest BCUT2D eigenvalue weighted by molar-refractivity contribution is -0.114. The van der Waals surface area contributed by atoms with Gasteiger partial charge in [0.2, 0.25) is 5.17 Å². The van der Waals surface area contributed by atoms with Gasteiger partial charge in [-0.05, 0) is 74.7 Å². The van der Waals surface area contributed by atoms with Crippen LogP contribution in [0.3, 0.4) is 0 Å². The molecule has 0 fully saturated rings. The number of hydrogen-bond acceptors (Lipinski definition) is 4. The Kier molecular flexibility index (Phi) is 6.98. The predicted molar refractivity (Wildman–Crippen MR) is 138 cm³/mol. The van der Waals surface area contributed by atoms with Crippen molar-refractivity contribution in [3.05, 3.63) is 58.4 Å². The molecule has 172 valence electrons. The zero-order valence-corrected chi connectivity index (χ0v) is 20.6. The van der Waals surface area contributed by atoms with Gasteiger partial charge in [0.25, 0.3) is 5.91 Å². The van der Waals surface area contributed by atoms with E-state index in [2.05, 4.69) is 53.6 Å². The molecule has 0 atom stereocenters. The van der Waals surface area contributed by atoms with Gasteiger partial charge in [-0.3, -0.25) is 10.2 Å². The number of carbonyl (C=O) groups excluding carboxylic acids is 1. The zero-order valence-electron chi connectivity index (χ0n) is 19.8. The Hall–Kier alpha value is -2.93. The average molecular weight is 462 g/mol. The fourth-order valence-electron chi connectivity index (χ4n) is 4.29. The smallest absolute Gasteiger partial charge is 0.283 e. The van der Waals surface area contributed by atoms with Gasteiger partial charge in [0.05, 0.1) is 5.57 Å². The highest BCUT2D eigenvalue weighted by Crippen LogP contribution is 2.31. The van der Waals surface area contributed by atoms with E-state index >= 15 is 0 Å². The molecule has 0 bridgehead atoms. The third-order valence-electron chi connectivity index (χ3n) is 6.12. The first-order valence-corrected chi connectivity index (χ1v) is 12.5. The highest BCUT2D eigenvalue weighted by atomic mass is 32.2. The summed E-state index contributed by atoms with van der Waals surface area (Å²) in [7, 11) is 0. The minimum atomic E-state index is -0.376. The molecule has 2 aromatic rings. The number of amidine groups is 2. The number of nitrogens with one attached hydrogen (secondary N) is 1. The van der Waals surface area contributed by atoms with Gasteiger partial charge in [0.1, 0.15) is 5.04 Å². The second-order valence-corrected chi connectivity index (χ2v) is 9.67. The molecule has 0 saturated heterocycles. The second kappa shape index (κ2) is 9.91. The van der Waals surface area contributed by atoms with Crippen LogP contribution in [-0.4, -0.2) is 31.5 Å². The van der Waals surface area contributed by atoms with Crippen LogP contribution in [0, 0.1) is 26.2 Å². The van der Waals surface area contributed by atoms with Crippen LogP contribution in [0.2, 0.25) is 0 Å². The van der Waals surface area contributed by atoms with E-state index in [1.54, 1.807) is 6.08 Å². The first-order valence-electron chi connectivity index (χ1n) is 11.6. The van der Waals surface area contributed by atoms with Crippen molar-refractivity contribution in [3.63, 3.8) is 0 Å². The molecule has 3 heterocycles. The SMILES string of the molecule is CCCCCCCC1=NN2C(=N)C(=Cc3cc(C)n(-c4ccccc4C)c3C)C(=O)N=C2S1. The number of thioether (sulfide) groups is 1. The number of unbranched alkanes of at least 4 members (excludes halogenated alkanes) is 4. The van der Waals surface area contributed by atoms with Crippen molar-refractivity contribution in [1.82, 2.24) is 9.58 Å². The Balaban J connectivity index is 1.57. The number of fused-ring (bicyclic) bond motifs is 1. The van der Waals surface area contributed by atoms with Crippen molar-refractivity contribution in [2.75, 3.05) is 0 Å². The Morgan fingerprint density at radius 2 is 1.85 bits per heavy atom. The highest BCUT2D eigenvalue weighted by molar-refractivity contribution is 8.26. The molecule has 1 aromatic carbocycles. The summed E-state index contributed by atoms with van der Waals surface area (Å²) in [5, 5.41) is 16.2. The largest absolute Gasteiger partial charge is 0.318 e. The Labute approximate surface area is 200 Å². The summed E-state index contributed by atoms with van der Waals surface area (Å²) < 4.78 is 2.19. The van der Waals surface area contributed by atoms with Gasteiger partial charge in [-0.15, -0.1) is 0 Å². The van der Waals surface area contributed by atoms with Crippen molar-refractivity contribution in [2.24, 2.45) is 10.1 Å². The number of amides is 1. The average Bonchev–Trinajstić information content (AvgIpc) is 3.31. The molecule has 0 unspecified atom stereocenters. The zero-order chi connectivity index (χ0) is 23.5. The molecule has 7 heteroatoms. The van der Waals surface area contributed by atoms with Crippen LogP contribution in [0.4, 0.5) is 0 Å². The minimum Gasteiger partial charge on any atom is -0.318 e. The third kappa shape index (κ3) is 4.74. The normalized spacial score (nSPS) is 17.0. The number of rotatable bonds is 8. The Morgan fingerprint density at radius 1 is 1.09 bits per heavy atom. The molecule has 1 amide bonds. The molecule has 0 saturated carbocycles. The van der Waals surface area contributed by atoms with Crippen LogP contribution in [0.15, 0.2) is 46.0 Å². The molecule has 0 radical (unpaired) electrons. The molecule has 0 spiro atoms. The van der Waals surface area contributed by atoms with E-state index in [0.717, 1.165) is 40.5 Å². The topological polar surface area (TPSA) is 73.8 Å². The van der Waals surface area contributed by atoms with Gasteiger partial charge >= 0.3 is 0 Å². The van der Waals surface area contributed by atoms with E-state index in [9.17, 15) is 4.79 Å². The van der Waals surface area contributed by atoms with Crippen LogP contribution in [-0.2, 0) is 4.79 Å². The van der Waals surface area contributed by atoms with E-state index < -0.39 is 0 Å². The monoisotopic (exact) mass is 461 g/mol. The van der Waals surface area contributed by atoms with E-state index in [-0.39, 0.29) is 17.3 Å². The summed E-state index contributed by atoms with van der Waals surface area (Å²) in [6, 6.07) is 10.3. The third-order valence-corrected chi connectivity index (χ3v) is 7.09. The molecule has 2 aliphatic rings. The lowest BCUT2D eigenvalue weighted by Gasteiger charge is -2.20. The number of nitrogens with zero attached hydrogens (tertiary/aromatic N) is 4. The van der Waals surface area contributed by atoms with Crippen molar-refractivity contribution >= 4 is 39.8 Å². The van der Waals surface area contributed by atoms with E-state index in [0.29, 0.717) is 5.17 Å². The van der Waals surface area contributed by atoms with E-state index in [1.807, 2.05) is 19.1 Å². The molecule has 2 aliphatic heterocycles. The molecule has 6 nitrogen and oxygen atoms in total. The molecular weight excluding hydrogens is 430 g/mol. The fraction of sp³-hybridized carbons (Fsp3) is 0.385. The van der Waals surface area contributed by atoms with Crippen LogP contribution in [0.5, 0.6) is 0 Å². The summed E-state index contributed by atoms with van der Waals surface area (Å²) in [4.78, 5) is 17.1. The van der Waals surface area contributed by atoms with Gasteiger partial charge in [0.15, 0.2) is 5.84 Å². The molecular formula is C26H31N5OS. The van der Waals surface area contributed by atoms with Gasteiger partial charge < -0.3 is 4.57 Å². The molecule has 0 aliphatic carbocycles. The lowest BCUT2D eigenvalue weighted by atomic mass is 10.1. The number of hydrogen-bond donors (Lipinski definition) is 1. The van der Waals surface area contributed by atoms with Gasteiger partial charge in [-0.2, -0.15) is 15.1 Å². The first kappa shape index (κ1) is 23.2. The van der Waals surface area contributed by atoms with E-state index in [1.165, 1.54) is 48.0 Å². The summed E-state index contributed by atoms with van der Waals surface area (Å²) in [6.45, 7) is 8.40. The van der Waals surface area contributed by atoms with Crippen LogP contribution in [0.1, 0.15) is 68.0 Å². The number of carbonyl (C=O) groups is 1.